The zero-order valence-corrected chi connectivity index (χ0v) is 15.8. The van der Waals surface area contributed by atoms with Gasteiger partial charge in [-0.25, -0.2) is 0 Å². The number of aromatic hydroxyl groups is 1. The van der Waals surface area contributed by atoms with Gasteiger partial charge in [-0.1, -0.05) is 11.2 Å². The summed E-state index contributed by atoms with van der Waals surface area (Å²) in [6.07, 6.45) is 4.47. The first-order valence-corrected chi connectivity index (χ1v) is 9.44. The van der Waals surface area contributed by atoms with E-state index < -0.39 is 0 Å². The van der Waals surface area contributed by atoms with Crippen LogP contribution in [0.15, 0.2) is 53.3 Å². The summed E-state index contributed by atoms with van der Waals surface area (Å²) in [6.45, 7) is 3.70. The van der Waals surface area contributed by atoms with Gasteiger partial charge >= 0.3 is 0 Å². The topological polar surface area (TPSA) is 106 Å². The minimum absolute atomic E-state index is 0.140. The second kappa shape index (κ2) is 7.01. The summed E-state index contributed by atoms with van der Waals surface area (Å²) < 4.78 is 7.55. The van der Waals surface area contributed by atoms with E-state index in [1.165, 1.54) is 0 Å². The molecule has 1 aliphatic heterocycles. The van der Waals surface area contributed by atoms with Gasteiger partial charge in [-0.2, -0.15) is 4.98 Å². The minimum atomic E-state index is -0.140. The summed E-state index contributed by atoms with van der Waals surface area (Å²) in [5.41, 5.74) is 1.66. The van der Waals surface area contributed by atoms with Gasteiger partial charge in [0.15, 0.2) is 11.6 Å². The molecule has 146 valence electrons. The fraction of sp³-hybridized carbons (Fsp3) is 0.250. The lowest BCUT2D eigenvalue weighted by Crippen LogP contribution is -2.35. The predicted octanol–water partition coefficient (Wildman–Crippen LogP) is 3.07. The van der Waals surface area contributed by atoms with Crippen LogP contribution in [0.3, 0.4) is 0 Å². The molecular weight excluding hydrogens is 370 g/mol. The Morgan fingerprint density at radius 1 is 1.07 bits per heavy atom. The molecule has 0 spiro atoms. The van der Waals surface area contributed by atoms with Crippen LogP contribution in [-0.4, -0.2) is 41.5 Å². The summed E-state index contributed by atoms with van der Waals surface area (Å²) in [7, 11) is 0. The molecule has 0 amide bonds. The number of phenolic OH excluding ortho intramolecular Hbond substituents is 1. The monoisotopic (exact) mass is 389 g/mol. The minimum Gasteiger partial charge on any atom is -0.508 e. The molecule has 5 rings (SSSR count). The number of pyridine rings is 1. The van der Waals surface area contributed by atoms with Gasteiger partial charge in [0.1, 0.15) is 5.75 Å². The van der Waals surface area contributed by atoms with Crippen molar-refractivity contribution in [3.05, 3.63) is 54.6 Å². The molecule has 4 heterocycles. The van der Waals surface area contributed by atoms with E-state index in [1.54, 1.807) is 30.6 Å². The molecule has 0 saturated carbocycles. The number of fused-ring (bicyclic) bond motifs is 1. The van der Waals surface area contributed by atoms with Crippen LogP contribution in [-0.2, 0) is 6.54 Å². The number of aromatic nitrogens is 6. The lowest BCUT2D eigenvalue weighted by molar-refractivity contribution is 0.411. The van der Waals surface area contributed by atoms with Crippen LogP contribution < -0.4 is 4.90 Å². The standard InChI is InChI=1S/C20H19N7O2/c1-13(17-22-19(29-25-17)15-4-2-5-16(28)12-15)26-10-3-11-27-18(23-24-20(26)27)14-6-8-21-9-7-14/h2,4-9,12-13,28H,3,10-11H2,1H3/t13-/m0/s1. The van der Waals surface area contributed by atoms with Gasteiger partial charge in [0.2, 0.25) is 5.95 Å². The first kappa shape index (κ1) is 17.4. The van der Waals surface area contributed by atoms with E-state index in [2.05, 4.69) is 34.8 Å². The van der Waals surface area contributed by atoms with Gasteiger partial charge in [-0.05, 0) is 43.7 Å². The van der Waals surface area contributed by atoms with Crippen molar-refractivity contribution in [3.8, 4) is 28.6 Å². The van der Waals surface area contributed by atoms with Crippen LogP contribution in [0, 0.1) is 0 Å². The molecule has 0 fully saturated rings. The number of rotatable bonds is 4. The first-order valence-electron chi connectivity index (χ1n) is 9.44. The maximum Gasteiger partial charge on any atom is 0.258 e. The first-order chi connectivity index (χ1) is 14.2. The van der Waals surface area contributed by atoms with E-state index in [1.807, 2.05) is 25.1 Å². The SMILES string of the molecule is C[C@@H](c1noc(-c2cccc(O)c2)n1)N1CCCn2c(-c3ccncc3)nnc21. The average molecular weight is 389 g/mol. The van der Waals surface area contributed by atoms with E-state index in [4.69, 9.17) is 4.52 Å². The number of hydrogen-bond acceptors (Lipinski definition) is 8. The zero-order chi connectivity index (χ0) is 19.8. The molecule has 3 aromatic heterocycles. The van der Waals surface area contributed by atoms with Crippen molar-refractivity contribution >= 4 is 5.95 Å². The number of nitrogens with zero attached hydrogens (tertiary/aromatic N) is 7. The van der Waals surface area contributed by atoms with E-state index in [9.17, 15) is 5.11 Å². The normalized spacial score (nSPS) is 14.6. The highest BCUT2D eigenvalue weighted by Gasteiger charge is 2.29. The van der Waals surface area contributed by atoms with E-state index in [-0.39, 0.29) is 11.8 Å². The smallest absolute Gasteiger partial charge is 0.258 e. The molecule has 1 N–H and O–H groups in total. The molecule has 0 unspecified atom stereocenters. The third-order valence-electron chi connectivity index (χ3n) is 5.08. The largest absolute Gasteiger partial charge is 0.508 e. The van der Waals surface area contributed by atoms with E-state index in [0.717, 1.165) is 36.8 Å². The molecule has 4 aromatic rings. The number of phenols is 1. The molecular formula is C20H19N7O2. The highest BCUT2D eigenvalue weighted by atomic mass is 16.5. The van der Waals surface area contributed by atoms with Crippen LogP contribution in [0.2, 0.25) is 0 Å². The lowest BCUT2D eigenvalue weighted by atomic mass is 10.2. The van der Waals surface area contributed by atoms with Crippen LogP contribution in [0.25, 0.3) is 22.8 Å². The second-order valence-corrected chi connectivity index (χ2v) is 6.94. The predicted molar refractivity (Wildman–Crippen MR) is 105 cm³/mol. The summed E-state index contributed by atoms with van der Waals surface area (Å²) in [5, 5.41) is 22.7. The Bertz CT molecular complexity index is 1140. The molecule has 9 heteroatoms. The molecule has 0 aliphatic carbocycles. The van der Waals surface area contributed by atoms with Crippen molar-refractivity contribution in [2.45, 2.75) is 25.9 Å². The van der Waals surface area contributed by atoms with Gasteiger partial charge in [0.05, 0.1) is 6.04 Å². The molecule has 0 saturated heterocycles. The summed E-state index contributed by atoms with van der Waals surface area (Å²) in [6, 6.07) is 10.5. The van der Waals surface area contributed by atoms with Gasteiger partial charge in [-0.15, -0.1) is 10.2 Å². The van der Waals surface area contributed by atoms with Crippen molar-refractivity contribution in [1.82, 2.24) is 29.9 Å². The Balaban J connectivity index is 1.45. The maximum absolute atomic E-state index is 9.68. The fourth-order valence-electron chi connectivity index (χ4n) is 3.59. The number of hydrogen-bond donors (Lipinski definition) is 1. The third-order valence-corrected chi connectivity index (χ3v) is 5.08. The summed E-state index contributed by atoms with van der Waals surface area (Å²) in [5.74, 6) is 2.71. The third kappa shape index (κ3) is 3.10. The van der Waals surface area contributed by atoms with Crippen molar-refractivity contribution in [2.75, 3.05) is 11.4 Å². The highest BCUT2D eigenvalue weighted by Crippen LogP contribution is 2.32. The Morgan fingerprint density at radius 2 is 1.93 bits per heavy atom. The van der Waals surface area contributed by atoms with Crippen LogP contribution in [0.4, 0.5) is 5.95 Å². The van der Waals surface area contributed by atoms with Gasteiger partial charge in [0, 0.05) is 36.6 Å². The molecule has 0 bridgehead atoms. The zero-order valence-electron chi connectivity index (χ0n) is 15.8. The molecule has 1 aromatic carbocycles. The van der Waals surface area contributed by atoms with E-state index in [0.29, 0.717) is 17.3 Å². The van der Waals surface area contributed by atoms with Crippen LogP contribution in [0.1, 0.15) is 25.2 Å². The molecule has 0 radical (unpaired) electrons. The van der Waals surface area contributed by atoms with Crippen LogP contribution in [0.5, 0.6) is 5.75 Å². The van der Waals surface area contributed by atoms with Crippen molar-refractivity contribution < 1.29 is 9.63 Å². The second-order valence-electron chi connectivity index (χ2n) is 6.94. The van der Waals surface area contributed by atoms with Gasteiger partial charge < -0.3 is 14.5 Å². The van der Waals surface area contributed by atoms with Crippen molar-refractivity contribution in [2.24, 2.45) is 0 Å². The number of anilines is 1. The Kier molecular flexibility index (Phi) is 4.19. The Morgan fingerprint density at radius 3 is 2.76 bits per heavy atom. The molecule has 1 atom stereocenters. The fourth-order valence-corrected chi connectivity index (χ4v) is 3.59. The highest BCUT2D eigenvalue weighted by molar-refractivity contribution is 5.58. The van der Waals surface area contributed by atoms with E-state index >= 15 is 0 Å². The summed E-state index contributed by atoms with van der Waals surface area (Å²) >= 11 is 0. The maximum atomic E-state index is 9.68. The Hall–Kier alpha value is -3.75. The van der Waals surface area contributed by atoms with Crippen molar-refractivity contribution in [3.63, 3.8) is 0 Å². The Labute approximate surface area is 166 Å². The number of benzene rings is 1. The molecule has 1 aliphatic rings. The quantitative estimate of drug-likeness (QED) is 0.568. The lowest BCUT2D eigenvalue weighted by Gasteiger charge is -2.32. The summed E-state index contributed by atoms with van der Waals surface area (Å²) in [4.78, 5) is 10.7. The van der Waals surface area contributed by atoms with Gasteiger partial charge in [-0.3, -0.25) is 9.55 Å². The average Bonchev–Trinajstić information content (AvgIpc) is 3.41. The van der Waals surface area contributed by atoms with Crippen LogP contribution >= 0.6 is 0 Å². The van der Waals surface area contributed by atoms with Crippen molar-refractivity contribution in [1.29, 1.82) is 0 Å². The molecule has 9 nitrogen and oxygen atoms in total. The van der Waals surface area contributed by atoms with Gasteiger partial charge in [0.25, 0.3) is 5.89 Å². The molecule has 29 heavy (non-hydrogen) atoms.